The number of fused-ring (bicyclic) bond motifs is 3. The standard InChI is InChI=1S/C21H21N7O2S/c29-18(14-31-21-25-24-19-23-16-8-4-5-9-17(16)28(19)21)26-10-12-27(13-11-26)20(30)22-15-6-2-1-3-7-15/h1-9H,10-14H2,(H,22,30)(H,23,24). The molecule has 1 aliphatic rings. The van der Waals surface area contributed by atoms with E-state index in [0.29, 0.717) is 37.1 Å². The van der Waals surface area contributed by atoms with E-state index < -0.39 is 0 Å². The molecule has 4 aromatic rings. The van der Waals surface area contributed by atoms with Crippen LogP contribution in [0.25, 0.3) is 16.8 Å². The molecule has 2 aromatic carbocycles. The summed E-state index contributed by atoms with van der Waals surface area (Å²) in [5.74, 6) is 0.978. The van der Waals surface area contributed by atoms with Crippen molar-refractivity contribution in [2.24, 2.45) is 0 Å². The molecule has 3 heterocycles. The average Bonchev–Trinajstić information content (AvgIpc) is 3.37. The van der Waals surface area contributed by atoms with Gasteiger partial charge >= 0.3 is 6.03 Å². The maximum Gasteiger partial charge on any atom is 0.321 e. The fourth-order valence-corrected chi connectivity index (χ4v) is 4.50. The summed E-state index contributed by atoms with van der Waals surface area (Å²) >= 11 is 1.38. The normalized spacial score (nSPS) is 14.3. The number of nitrogens with zero attached hydrogens (tertiary/aromatic N) is 5. The molecule has 2 aromatic heterocycles. The van der Waals surface area contributed by atoms with E-state index in [1.807, 2.05) is 59.0 Å². The number of para-hydroxylation sites is 3. The number of carbonyl (C=O) groups excluding carboxylic acids is 2. The molecule has 0 atom stereocenters. The van der Waals surface area contributed by atoms with Crippen molar-refractivity contribution in [3.63, 3.8) is 0 Å². The molecule has 3 amide bonds. The fourth-order valence-electron chi connectivity index (χ4n) is 3.64. The maximum absolute atomic E-state index is 12.7. The fraction of sp³-hybridized carbons (Fsp3) is 0.238. The van der Waals surface area contributed by atoms with Crippen molar-refractivity contribution in [1.29, 1.82) is 0 Å². The Morgan fingerprint density at radius 3 is 2.48 bits per heavy atom. The highest BCUT2D eigenvalue weighted by Gasteiger charge is 2.24. The molecule has 158 valence electrons. The number of thioether (sulfide) groups is 1. The van der Waals surface area contributed by atoms with Crippen LogP contribution in [0.4, 0.5) is 10.5 Å². The topological polar surface area (TPSA) is 98.6 Å². The van der Waals surface area contributed by atoms with Gasteiger partial charge in [0.05, 0.1) is 16.8 Å². The second-order valence-corrected chi connectivity index (χ2v) is 8.16. The van der Waals surface area contributed by atoms with Crippen molar-refractivity contribution in [2.45, 2.75) is 5.16 Å². The number of benzene rings is 2. The van der Waals surface area contributed by atoms with Gasteiger partial charge in [0.2, 0.25) is 11.7 Å². The smallest absolute Gasteiger partial charge is 0.321 e. The monoisotopic (exact) mass is 435 g/mol. The molecule has 10 heteroatoms. The van der Waals surface area contributed by atoms with E-state index in [0.717, 1.165) is 16.7 Å². The third kappa shape index (κ3) is 3.93. The molecular formula is C21H21N7O2S. The number of carbonyl (C=O) groups is 2. The van der Waals surface area contributed by atoms with Crippen molar-refractivity contribution in [3.8, 4) is 0 Å². The zero-order valence-electron chi connectivity index (χ0n) is 16.7. The summed E-state index contributed by atoms with van der Waals surface area (Å²) in [6.07, 6.45) is 0. The molecule has 1 saturated heterocycles. The molecule has 0 spiro atoms. The Morgan fingerprint density at radius 2 is 1.68 bits per heavy atom. The minimum absolute atomic E-state index is 0.0358. The third-order valence-electron chi connectivity index (χ3n) is 5.27. The van der Waals surface area contributed by atoms with E-state index in [1.165, 1.54) is 11.8 Å². The van der Waals surface area contributed by atoms with Crippen LogP contribution in [-0.2, 0) is 4.79 Å². The Kier molecular flexibility index (Phi) is 5.21. The van der Waals surface area contributed by atoms with E-state index in [4.69, 9.17) is 0 Å². The van der Waals surface area contributed by atoms with Gasteiger partial charge in [-0.1, -0.05) is 42.1 Å². The molecule has 0 aliphatic carbocycles. The van der Waals surface area contributed by atoms with Crippen molar-refractivity contribution >= 4 is 46.2 Å². The summed E-state index contributed by atoms with van der Waals surface area (Å²) in [6, 6.07) is 17.1. The van der Waals surface area contributed by atoms with Crippen LogP contribution >= 0.6 is 11.8 Å². The largest absolute Gasteiger partial charge is 0.338 e. The molecule has 1 aliphatic heterocycles. The molecule has 0 radical (unpaired) electrons. The van der Waals surface area contributed by atoms with Crippen molar-refractivity contribution < 1.29 is 9.59 Å². The molecule has 0 saturated carbocycles. The van der Waals surface area contributed by atoms with Gasteiger partial charge in [0, 0.05) is 31.9 Å². The van der Waals surface area contributed by atoms with E-state index in [9.17, 15) is 9.59 Å². The van der Waals surface area contributed by atoms with Gasteiger partial charge in [-0.3, -0.25) is 9.20 Å². The highest BCUT2D eigenvalue weighted by molar-refractivity contribution is 7.99. The lowest BCUT2D eigenvalue weighted by atomic mass is 10.3. The first-order valence-electron chi connectivity index (χ1n) is 10.0. The average molecular weight is 436 g/mol. The van der Waals surface area contributed by atoms with Gasteiger partial charge in [-0.15, -0.1) is 5.10 Å². The number of amides is 3. The van der Waals surface area contributed by atoms with E-state index in [1.54, 1.807) is 9.80 Å². The highest BCUT2D eigenvalue weighted by Crippen LogP contribution is 2.23. The van der Waals surface area contributed by atoms with Crippen molar-refractivity contribution in [2.75, 3.05) is 37.2 Å². The number of anilines is 1. The SMILES string of the molecule is O=C(CSc1n[nH]c2nc3ccccc3n12)N1CCN(C(=O)Nc2ccccc2)CC1. The number of imidazole rings is 1. The summed E-state index contributed by atoms with van der Waals surface area (Å²) < 4.78 is 1.93. The zero-order valence-corrected chi connectivity index (χ0v) is 17.5. The van der Waals surface area contributed by atoms with Gasteiger partial charge in [-0.25, -0.2) is 14.9 Å². The Bertz CT molecular complexity index is 1230. The van der Waals surface area contributed by atoms with Gasteiger partial charge in [0.25, 0.3) is 0 Å². The molecule has 1 fully saturated rings. The second-order valence-electron chi connectivity index (χ2n) is 7.22. The van der Waals surface area contributed by atoms with Crippen LogP contribution in [0.15, 0.2) is 59.8 Å². The van der Waals surface area contributed by atoms with Crippen molar-refractivity contribution in [1.82, 2.24) is 29.4 Å². The van der Waals surface area contributed by atoms with Crippen LogP contribution in [0, 0.1) is 0 Å². The first-order valence-corrected chi connectivity index (χ1v) is 11.0. The second kappa shape index (κ2) is 8.31. The Balaban J connectivity index is 1.16. The molecule has 5 rings (SSSR count). The van der Waals surface area contributed by atoms with E-state index >= 15 is 0 Å². The lowest BCUT2D eigenvalue weighted by Gasteiger charge is -2.34. The van der Waals surface area contributed by atoms with E-state index in [2.05, 4.69) is 20.5 Å². The minimum Gasteiger partial charge on any atom is -0.338 e. The summed E-state index contributed by atoms with van der Waals surface area (Å²) in [4.78, 5) is 33.2. The quantitative estimate of drug-likeness (QED) is 0.480. The van der Waals surface area contributed by atoms with Crippen LogP contribution in [0.3, 0.4) is 0 Å². The summed E-state index contributed by atoms with van der Waals surface area (Å²) in [5.41, 5.74) is 2.60. The minimum atomic E-state index is -0.140. The van der Waals surface area contributed by atoms with Crippen molar-refractivity contribution in [3.05, 3.63) is 54.6 Å². The predicted octanol–water partition coefficient (Wildman–Crippen LogP) is 2.68. The van der Waals surface area contributed by atoms with Gasteiger partial charge in [-0.05, 0) is 24.3 Å². The number of nitrogens with one attached hydrogen (secondary N) is 2. The van der Waals surface area contributed by atoms with Crippen LogP contribution in [-0.4, -0.2) is 73.3 Å². The van der Waals surface area contributed by atoms with E-state index in [-0.39, 0.29) is 17.7 Å². The molecule has 31 heavy (non-hydrogen) atoms. The number of aromatic nitrogens is 4. The van der Waals surface area contributed by atoms with Crippen LogP contribution in [0.1, 0.15) is 0 Å². The zero-order chi connectivity index (χ0) is 21.2. The Hall–Kier alpha value is -3.53. The lowest BCUT2D eigenvalue weighted by Crippen LogP contribution is -2.52. The summed E-state index contributed by atoms with van der Waals surface area (Å²) in [6.45, 7) is 2.05. The molecule has 0 unspecified atom stereocenters. The highest BCUT2D eigenvalue weighted by atomic mass is 32.2. The summed E-state index contributed by atoms with van der Waals surface area (Å²) in [7, 11) is 0. The number of aromatic amines is 1. The Labute approximate surface area is 182 Å². The summed E-state index contributed by atoms with van der Waals surface area (Å²) in [5, 5.41) is 10.8. The Morgan fingerprint density at radius 1 is 0.968 bits per heavy atom. The number of hydrogen-bond acceptors (Lipinski definition) is 5. The van der Waals surface area contributed by atoms with Gasteiger partial charge in [0.15, 0.2) is 5.16 Å². The molecule has 9 nitrogen and oxygen atoms in total. The van der Waals surface area contributed by atoms with Crippen LogP contribution in [0.2, 0.25) is 0 Å². The molecule has 2 N–H and O–H groups in total. The van der Waals surface area contributed by atoms with Crippen LogP contribution < -0.4 is 5.32 Å². The predicted molar refractivity (Wildman–Crippen MR) is 119 cm³/mol. The lowest BCUT2D eigenvalue weighted by molar-refractivity contribution is -0.129. The molecule has 0 bridgehead atoms. The number of rotatable bonds is 4. The van der Waals surface area contributed by atoms with Crippen LogP contribution in [0.5, 0.6) is 0 Å². The number of urea groups is 1. The maximum atomic E-state index is 12.7. The number of hydrogen-bond donors (Lipinski definition) is 2. The van der Waals surface area contributed by atoms with Gasteiger partial charge in [-0.2, -0.15) is 0 Å². The molecular weight excluding hydrogens is 414 g/mol. The first kappa shape index (κ1) is 19.4. The number of H-pyrrole nitrogens is 1. The van der Waals surface area contributed by atoms with Gasteiger partial charge in [0.1, 0.15) is 0 Å². The first-order chi connectivity index (χ1) is 15.2. The number of piperazine rings is 1. The third-order valence-corrected chi connectivity index (χ3v) is 6.20. The van der Waals surface area contributed by atoms with Gasteiger partial charge < -0.3 is 15.1 Å².